The molecule has 1 amide bonds. The molecule has 3 rings (SSSR count). The van der Waals surface area contributed by atoms with Gasteiger partial charge in [-0.3, -0.25) is 19.8 Å². The molecule has 0 radical (unpaired) electrons. The van der Waals surface area contributed by atoms with Crippen LogP contribution in [0.3, 0.4) is 0 Å². The van der Waals surface area contributed by atoms with Crippen molar-refractivity contribution in [2.24, 2.45) is 7.05 Å². The van der Waals surface area contributed by atoms with Gasteiger partial charge in [0.25, 0.3) is 0 Å². The van der Waals surface area contributed by atoms with Crippen molar-refractivity contribution in [3.05, 3.63) is 15.8 Å². The highest BCUT2D eigenvalue weighted by Crippen LogP contribution is 2.31. The van der Waals surface area contributed by atoms with Crippen LogP contribution in [0.15, 0.2) is 0 Å². The van der Waals surface area contributed by atoms with Crippen LogP contribution >= 0.6 is 0 Å². The standard InChI is InChI=1S/C16H26N6O3/c1-13-15(22(24)25)16(18(2)17-13)21-10-8-19(9-11-21)12-14(23)20-6-4-3-5-7-20/h3-12H2,1-2H3. The van der Waals surface area contributed by atoms with Crippen LogP contribution in [0.1, 0.15) is 25.0 Å². The molecule has 2 saturated heterocycles. The third-order valence-corrected chi connectivity index (χ3v) is 5.08. The van der Waals surface area contributed by atoms with Gasteiger partial charge in [-0.2, -0.15) is 5.10 Å². The molecule has 0 atom stereocenters. The van der Waals surface area contributed by atoms with E-state index in [2.05, 4.69) is 10.00 Å². The van der Waals surface area contributed by atoms with Crippen LogP contribution < -0.4 is 4.90 Å². The summed E-state index contributed by atoms with van der Waals surface area (Å²) in [5, 5.41) is 15.5. The van der Waals surface area contributed by atoms with Crippen LogP contribution in [-0.4, -0.2) is 76.2 Å². The van der Waals surface area contributed by atoms with Gasteiger partial charge in [-0.05, 0) is 26.2 Å². The number of aromatic nitrogens is 2. The van der Waals surface area contributed by atoms with Gasteiger partial charge in [0.2, 0.25) is 11.7 Å². The number of carbonyl (C=O) groups excluding carboxylic acids is 1. The predicted molar refractivity (Wildman–Crippen MR) is 93.7 cm³/mol. The normalized spacial score (nSPS) is 19.3. The molecule has 3 heterocycles. The SMILES string of the molecule is Cc1nn(C)c(N2CCN(CC(=O)N3CCCCC3)CC2)c1[N+](=O)[O-]. The summed E-state index contributed by atoms with van der Waals surface area (Å²) in [6.45, 7) is 6.62. The van der Waals surface area contributed by atoms with E-state index >= 15 is 0 Å². The molecule has 0 aliphatic carbocycles. The minimum atomic E-state index is -0.357. The Bertz CT molecular complexity index is 645. The molecule has 0 spiro atoms. The Morgan fingerprint density at radius 3 is 2.36 bits per heavy atom. The maximum Gasteiger partial charge on any atom is 0.333 e. The maximum absolute atomic E-state index is 12.4. The molecule has 9 nitrogen and oxygen atoms in total. The fraction of sp³-hybridized carbons (Fsp3) is 0.750. The van der Waals surface area contributed by atoms with Gasteiger partial charge in [-0.1, -0.05) is 0 Å². The van der Waals surface area contributed by atoms with Crippen LogP contribution in [0, 0.1) is 17.0 Å². The lowest BCUT2D eigenvalue weighted by Gasteiger charge is -2.36. The number of piperazine rings is 1. The molecule has 1 aromatic rings. The third-order valence-electron chi connectivity index (χ3n) is 5.08. The number of amides is 1. The molecule has 0 unspecified atom stereocenters. The Morgan fingerprint density at radius 2 is 1.76 bits per heavy atom. The Hall–Kier alpha value is -2.16. The summed E-state index contributed by atoms with van der Waals surface area (Å²) in [4.78, 5) is 29.5. The molecule has 2 aliphatic rings. The van der Waals surface area contributed by atoms with E-state index in [1.165, 1.54) is 6.42 Å². The highest BCUT2D eigenvalue weighted by molar-refractivity contribution is 5.78. The molecule has 2 fully saturated rings. The van der Waals surface area contributed by atoms with Crippen molar-refractivity contribution in [2.45, 2.75) is 26.2 Å². The lowest BCUT2D eigenvalue weighted by molar-refractivity contribution is -0.384. The molecule has 9 heteroatoms. The Morgan fingerprint density at radius 1 is 1.12 bits per heavy atom. The van der Waals surface area contributed by atoms with E-state index in [-0.39, 0.29) is 16.5 Å². The van der Waals surface area contributed by atoms with E-state index in [0.29, 0.717) is 31.1 Å². The number of likely N-dealkylation sites (tertiary alicyclic amines) is 1. The van der Waals surface area contributed by atoms with Gasteiger partial charge in [0.15, 0.2) is 0 Å². The van der Waals surface area contributed by atoms with Crippen molar-refractivity contribution >= 4 is 17.4 Å². The fourth-order valence-electron chi connectivity index (χ4n) is 3.76. The number of hydrogen-bond donors (Lipinski definition) is 0. The topological polar surface area (TPSA) is 87.8 Å². The third kappa shape index (κ3) is 3.76. The number of anilines is 1. The van der Waals surface area contributed by atoms with E-state index in [9.17, 15) is 14.9 Å². The number of piperidine rings is 1. The predicted octanol–water partition coefficient (Wildman–Crippen LogP) is 0.771. The van der Waals surface area contributed by atoms with Gasteiger partial charge in [0.1, 0.15) is 5.69 Å². The first-order valence-electron chi connectivity index (χ1n) is 8.90. The summed E-state index contributed by atoms with van der Waals surface area (Å²) >= 11 is 0. The molecule has 1 aromatic heterocycles. The maximum atomic E-state index is 12.4. The lowest BCUT2D eigenvalue weighted by atomic mass is 10.1. The minimum absolute atomic E-state index is 0.0837. The second-order valence-corrected chi connectivity index (χ2v) is 6.84. The average Bonchev–Trinajstić information content (AvgIpc) is 2.90. The first kappa shape index (κ1) is 17.7. The summed E-state index contributed by atoms with van der Waals surface area (Å²) in [5.41, 5.74) is 0.519. The summed E-state index contributed by atoms with van der Waals surface area (Å²) in [6.07, 6.45) is 3.41. The zero-order valence-corrected chi connectivity index (χ0v) is 15.0. The molecule has 0 saturated carbocycles. The summed E-state index contributed by atoms with van der Waals surface area (Å²) in [7, 11) is 1.74. The highest BCUT2D eigenvalue weighted by atomic mass is 16.6. The van der Waals surface area contributed by atoms with E-state index in [4.69, 9.17) is 0 Å². The van der Waals surface area contributed by atoms with Crippen molar-refractivity contribution < 1.29 is 9.72 Å². The molecule has 2 aliphatic heterocycles. The van der Waals surface area contributed by atoms with Gasteiger partial charge in [0, 0.05) is 46.3 Å². The van der Waals surface area contributed by atoms with Crippen molar-refractivity contribution in [3.63, 3.8) is 0 Å². The highest BCUT2D eigenvalue weighted by Gasteiger charge is 2.31. The monoisotopic (exact) mass is 350 g/mol. The van der Waals surface area contributed by atoms with Crippen molar-refractivity contribution in [3.8, 4) is 0 Å². The van der Waals surface area contributed by atoms with Crippen molar-refractivity contribution in [2.75, 3.05) is 50.7 Å². The smallest absolute Gasteiger partial charge is 0.333 e. The van der Waals surface area contributed by atoms with Crippen molar-refractivity contribution in [1.82, 2.24) is 19.6 Å². The Labute approximate surface area is 147 Å². The summed E-state index contributed by atoms with van der Waals surface area (Å²) in [6, 6.07) is 0. The van der Waals surface area contributed by atoms with Gasteiger partial charge in [0.05, 0.1) is 11.5 Å². The second kappa shape index (κ2) is 7.38. The van der Waals surface area contributed by atoms with Gasteiger partial charge in [-0.25, -0.2) is 4.68 Å². The van der Waals surface area contributed by atoms with E-state index in [1.54, 1.807) is 18.7 Å². The number of nitrogens with zero attached hydrogens (tertiary/aromatic N) is 6. The molecule has 25 heavy (non-hydrogen) atoms. The van der Waals surface area contributed by atoms with Gasteiger partial charge < -0.3 is 9.80 Å². The summed E-state index contributed by atoms with van der Waals surface area (Å²) in [5.74, 6) is 0.764. The van der Waals surface area contributed by atoms with Crippen LogP contribution in [0.4, 0.5) is 11.5 Å². The van der Waals surface area contributed by atoms with Crippen LogP contribution in [-0.2, 0) is 11.8 Å². The number of nitro groups is 1. The number of aryl methyl sites for hydroxylation is 2. The molecule has 0 aromatic carbocycles. The van der Waals surface area contributed by atoms with Crippen LogP contribution in [0.2, 0.25) is 0 Å². The number of carbonyl (C=O) groups is 1. The first-order chi connectivity index (χ1) is 12.0. The van der Waals surface area contributed by atoms with Crippen LogP contribution in [0.25, 0.3) is 0 Å². The first-order valence-corrected chi connectivity index (χ1v) is 8.90. The second-order valence-electron chi connectivity index (χ2n) is 6.84. The lowest BCUT2D eigenvalue weighted by Crippen LogP contribution is -2.51. The molecule has 0 bridgehead atoms. The van der Waals surface area contributed by atoms with E-state index in [1.807, 2.05) is 9.80 Å². The Balaban J connectivity index is 1.59. The molecular weight excluding hydrogens is 324 g/mol. The van der Waals surface area contributed by atoms with Crippen LogP contribution in [0.5, 0.6) is 0 Å². The average molecular weight is 350 g/mol. The Kier molecular flexibility index (Phi) is 5.22. The minimum Gasteiger partial charge on any atom is -0.349 e. The zero-order chi connectivity index (χ0) is 18.0. The van der Waals surface area contributed by atoms with Crippen molar-refractivity contribution in [1.29, 1.82) is 0 Å². The quantitative estimate of drug-likeness (QED) is 0.589. The largest absolute Gasteiger partial charge is 0.349 e. The molecule has 138 valence electrons. The summed E-state index contributed by atoms with van der Waals surface area (Å²) < 4.78 is 1.59. The zero-order valence-electron chi connectivity index (χ0n) is 15.0. The van der Waals surface area contributed by atoms with E-state index < -0.39 is 0 Å². The number of rotatable bonds is 4. The number of hydrogen-bond acceptors (Lipinski definition) is 6. The fourth-order valence-corrected chi connectivity index (χ4v) is 3.76. The molecule has 0 N–H and O–H groups in total. The van der Waals surface area contributed by atoms with Gasteiger partial charge in [-0.15, -0.1) is 0 Å². The molecular formula is C16H26N6O3. The van der Waals surface area contributed by atoms with Gasteiger partial charge >= 0.3 is 5.69 Å². The van der Waals surface area contributed by atoms with E-state index in [0.717, 1.165) is 39.0 Å².